The van der Waals surface area contributed by atoms with Crippen molar-refractivity contribution in [2.24, 2.45) is 0 Å². The van der Waals surface area contributed by atoms with Gasteiger partial charge in [-0.05, 0) is 33.6 Å². The predicted octanol–water partition coefficient (Wildman–Crippen LogP) is 1.49. The lowest BCUT2D eigenvalue weighted by molar-refractivity contribution is -0.159. The van der Waals surface area contributed by atoms with E-state index in [4.69, 9.17) is 14.6 Å². The van der Waals surface area contributed by atoms with Crippen molar-refractivity contribution in [1.29, 1.82) is 0 Å². The number of aliphatic carboxylic acids is 1. The molecule has 7 nitrogen and oxygen atoms in total. The molecular formula is C15H27NO6. The van der Waals surface area contributed by atoms with Crippen LogP contribution in [0.4, 0.5) is 0 Å². The van der Waals surface area contributed by atoms with Crippen LogP contribution in [-0.2, 0) is 23.9 Å². The summed E-state index contributed by atoms with van der Waals surface area (Å²) in [4.78, 5) is 34.5. The molecule has 0 aliphatic heterocycles. The highest BCUT2D eigenvalue weighted by Crippen LogP contribution is 2.11. The van der Waals surface area contributed by atoms with Gasteiger partial charge in [-0.25, -0.2) is 4.79 Å². The van der Waals surface area contributed by atoms with Crippen molar-refractivity contribution in [3.63, 3.8) is 0 Å². The molecule has 0 saturated carbocycles. The molecule has 0 heterocycles. The highest BCUT2D eigenvalue weighted by atomic mass is 16.6. The van der Waals surface area contributed by atoms with Gasteiger partial charge < -0.3 is 19.9 Å². The van der Waals surface area contributed by atoms with E-state index in [1.165, 1.54) is 0 Å². The molecule has 0 aliphatic carbocycles. The van der Waals surface area contributed by atoms with Crippen molar-refractivity contribution in [2.45, 2.75) is 65.0 Å². The smallest absolute Gasteiger partial charge is 0.329 e. The molecule has 0 aromatic carbocycles. The van der Waals surface area contributed by atoms with E-state index in [0.717, 1.165) is 6.42 Å². The molecule has 0 bridgehead atoms. The van der Waals surface area contributed by atoms with Gasteiger partial charge in [-0.3, -0.25) is 9.59 Å². The number of carbonyl (C=O) groups excluding carboxylic acids is 2. The van der Waals surface area contributed by atoms with Crippen molar-refractivity contribution in [3.8, 4) is 0 Å². The minimum Gasteiger partial charge on any atom is -0.481 e. The van der Waals surface area contributed by atoms with E-state index in [1.807, 2.05) is 6.92 Å². The number of esters is 1. The summed E-state index contributed by atoms with van der Waals surface area (Å²) < 4.78 is 10.4. The topological polar surface area (TPSA) is 102 Å². The molecule has 1 atom stereocenters. The molecular weight excluding hydrogens is 290 g/mol. The van der Waals surface area contributed by atoms with Gasteiger partial charge >= 0.3 is 11.9 Å². The number of amides is 1. The van der Waals surface area contributed by atoms with Crippen molar-refractivity contribution in [2.75, 3.05) is 13.2 Å². The maximum atomic E-state index is 12.0. The Kier molecular flexibility index (Phi) is 9.40. The molecule has 0 radical (unpaired) electrons. The number of hydrogen-bond donors (Lipinski definition) is 2. The first-order chi connectivity index (χ1) is 10.2. The fraction of sp³-hybridized carbons (Fsp3) is 0.800. The fourth-order valence-corrected chi connectivity index (χ4v) is 1.57. The second kappa shape index (κ2) is 10.2. The van der Waals surface area contributed by atoms with E-state index in [1.54, 1.807) is 20.8 Å². The summed E-state index contributed by atoms with van der Waals surface area (Å²) in [5.74, 6) is -2.02. The van der Waals surface area contributed by atoms with Crippen LogP contribution in [0.25, 0.3) is 0 Å². The quantitative estimate of drug-likeness (QED) is 0.467. The number of hydrogen-bond acceptors (Lipinski definition) is 5. The Morgan fingerprint density at radius 3 is 2.27 bits per heavy atom. The van der Waals surface area contributed by atoms with Crippen LogP contribution in [0.5, 0.6) is 0 Å². The average Bonchev–Trinajstić information content (AvgIpc) is 2.37. The number of nitrogens with one attached hydrogen (secondary N) is 1. The van der Waals surface area contributed by atoms with Crippen LogP contribution < -0.4 is 5.32 Å². The lowest BCUT2D eigenvalue weighted by Crippen LogP contribution is -2.44. The zero-order valence-electron chi connectivity index (χ0n) is 13.8. The average molecular weight is 317 g/mol. The molecule has 1 amide bonds. The number of carbonyl (C=O) groups is 3. The Balaban J connectivity index is 4.48. The van der Waals surface area contributed by atoms with Gasteiger partial charge in [0.05, 0.1) is 6.61 Å². The lowest BCUT2D eigenvalue weighted by atomic mass is 10.1. The molecule has 0 saturated heterocycles. The number of rotatable bonds is 10. The van der Waals surface area contributed by atoms with Crippen LogP contribution in [0.2, 0.25) is 0 Å². The van der Waals surface area contributed by atoms with Crippen molar-refractivity contribution in [1.82, 2.24) is 5.32 Å². The summed E-state index contributed by atoms with van der Waals surface area (Å²) in [5.41, 5.74) is -0.701. The zero-order valence-corrected chi connectivity index (χ0v) is 13.8. The minimum atomic E-state index is -1.03. The molecule has 0 fully saturated rings. The molecule has 0 aliphatic rings. The monoisotopic (exact) mass is 317 g/mol. The van der Waals surface area contributed by atoms with Crippen LogP contribution in [0.15, 0.2) is 0 Å². The molecule has 2 N–H and O–H groups in total. The zero-order chi connectivity index (χ0) is 17.2. The number of carboxylic acid groups (broad SMARTS) is 1. The van der Waals surface area contributed by atoms with Gasteiger partial charge in [-0.15, -0.1) is 0 Å². The lowest BCUT2D eigenvalue weighted by Gasteiger charge is -2.24. The highest BCUT2D eigenvalue weighted by Gasteiger charge is 2.27. The molecule has 0 aromatic rings. The Morgan fingerprint density at radius 2 is 1.77 bits per heavy atom. The predicted molar refractivity (Wildman–Crippen MR) is 80.4 cm³/mol. The van der Waals surface area contributed by atoms with Crippen LogP contribution in [0, 0.1) is 0 Å². The van der Waals surface area contributed by atoms with Gasteiger partial charge in [0, 0.05) is 19.4 Å². The molecule has 128 valence electrons. The van der Waals surface area contributed by atoms with Crippen LogP contribution in [0.3, 0.4) is 0 Å². The van der Waals surface area contributed by atoms with E-state index in [2.05, 4.69) is 5.32 Å². The molecule has 0 rings (SSSR count). The molecule has 0 spiro atoms. The van der Waals surface area contributed by atoms with Crippen LogP contribution in [0.1, 0.15) is 53.4 Å². The second-order valence-electron chi connectivity index (χ2n) is 5.95. The standard InChI is InChI=1S/C15H27NO6/c1-5-9-21-10-8-12(17)16-11(6-7-13(18)19)14(20)22-15(2,3)4/h11H,5-10H2,1-4H3,(H,16,17)(H,18,19). The third kappa shape index (κ3) is 11.1. The van der Waals surface area contributed by atoms with Crippen molar-refractivity contribution in [3.05, 3.63) is 0 Å². The van der Waals surface area contributed by atoms with Crippen molar-refractivity contribution < 1.29 is 29.0 Å². The second-order valence-corrected chi connectivity index (χ2v) is 5.95. The maximum absolute atomic E-state index is 12.0. The minimum absolute atomic E-state index is 0.00813. The normalized spacial score (nSPS) is 12.5. The first-order valence-corrected chi connectivity index (χ1v) is 7.47. The maximum Gasteiger partial charge on any atom is 0.329 e. The van der Waals surface area contributed by atoms with Crippen LogP contribution >= 0.6 is 0 Å². The van der Waals surface area contributed by atoms with E-state index in [9.17, 15) is 14.4 Å². The summed E-state index contributed by atoms with van der Waals surface area (Å²) in [7, 11) is 0. The molecule has 22 heavy (non-hydrogen) atoms. The molecule has 7 heteroatoms. The summed E-state index contributed by atoms with van der Waals surface area (Å²) >= 11 is 0. The van der Waals surface area contributed by atoms with E-state index in [-0.39, 0.29) is 31.8 Å². The Labute approximate surface area is 131 Å². The largest absolute Gasteiger partial charge is 0.481 e. The van der Waals surface area contributed by atoms with Gasteiger partial charge in [0.2, 0.25) is 5.91 Å². The Bertz CT molecular complexity index is 375. The third-order valence-electron chi connectivity index (χ3n) is 2.50. The van der Waals surface area contributed by atoms with Gasteiger partial charge in [-0.1, -0.05) is 6.92 Å². The first-order valence-electron chi connectivity index (χ1n) is 7.47. The highest BCUT2D eigenvalue weighted by molar-refractivity contribution is 5.85. The number of carboxylic acids is 1. The third-order valence-corrected chi connectivity index (χ3v) is 2.50. The fourth-order valence-electron chi connectivity index (χ4n) is 1.57. The summed E-state index contributed by atoms with van der Waals surface area (Å²) in [6.45, 7) is 7.92. The molecule has 1 unspecified atom stereocenters. The molecule has 0 aromatic heterocycles. The van der Waals surface area contributed by atoms with Gasteiger partial charge in [0.15, 0.2) is 0 Å². The van der Waals surface area contributed by atoms with Crippen LogP contribution in [-0.4, -0.2) is 47.8 Å². The Morgan fingerprint density at radius 1 is 1.14 bits per heavy atom. The van der Waals surface area contributed by atoms with Crippen molar-refractivity contribution >= 4 is 17.8 Å². The van der Waals surface area contributed by atoms with E-state index in [0.29, 0.717) is 6.61 Å². The first kappa shape index (κ1) is 20.4. The van der Waals surface area contributed by atoms with Gasteiger partial charge in [0.25, 0.3) is 0 Å². The van der Waals surface area contributed by atoms with E-state index < -0.39 is 23.6 Å². The number of ether oxygens (including phenoxy) is 2. The summed E-state index contributed by atoms with van der Waals surface area (Å²) in [6, 6.07) is -0.964. The van der Waals surface area contributed by atoms with E-state index >= 15 is 0 Å². The summed E-state index contributed by atoms with van der Waals surface area (Å²) in [6.07, 6.45) is 0.745. The summed E-state index contributed by atoms with van der Waals surface area (Å²) in [5, 5.41) is 11.2. The van der Waals surface area contributed by atoms with Gasteiger partial charge in [0.1, 0.15) is 11.6 Å². The van der Waals surface area contributed by atoms with Gasteiger partial charge in [-0.2, -0.15) is 0 Å². The Hall–Kier alpha value is -1.63. The SMILES string of the molecule is CCCOCCC(=O)NC(CCC(=O)O)C(=O)OC(C)(C)C.